The lowest BCUT2D eigenvalue weighted by atomic mass is 10.0. The second-order valence-electron chi connectivity index (χ2n) is 6.59. The molecule has 4 N–H and O–H groups in total. The van der Waals surface area contributed by atoms with Crippen LogP contribution in [0.4, 0.5) is 4.39 Å². The maximum Gasteiger partial charge on any atom is 0.305 e. The Morgan fingerprint density at radius 1 is 1.19 bits per heavy atom. The summed E-state index contributed by atoms with van der Waals surface area (Å²) in [6.45, 7) is 3.74. The Bertz CT molecular complexity index is 751. The van der Waals surface area contributed by atoms with Gasteiger partial charge in [0.15, 0.2) is 0 Å². The minimum Gasteiger partial charge on any atom is -0.481 e. The SMILES string of the molecule is Cc1ccc(S(=O)(=O)N[C@H](C(=O)NC(CC(=O)O)C(O)CF)C(C)C)cc1. The fourth-order valence-corrected chi connectivity index (χ4v) is 3.64. The van der Waals surface area contributed by atoms with Crippen molar-refractivity contribution in [3.05, 3.63) is 29.8 Å². The van der Waals surface area contributed by atoms with Gasteiger partial charge in [0.2, 0.25) is 15.9 Å². The van der Waals surface area contributed by atoms with Crippen LogP contribution in [0.15, 0.2) is 29.2 Å². The number of hydrogen-bond donors (Lipinski definition) is 4. The Kier molecular flexibility index (Phi) is 8.32. The van der Waals surface area contributed by atoms with Gasteiger partial charge in [-0.15, -0.1) is 0 Å². The number of aliphatic hydroxyl groups excluding tert-OH is 1. The zero-order valence-electron chi connectivity index (χ0n) is 15.3. The summed E-state index contributed by atoms with van der Waals surface area (Å²) in [6.07, 6.45) is -2.42. The van der Waals surface area contributed by atoms with Crippen LogP contribution in [0.3, 0.4) is 0 Å². The molecule has 0 radical (unpaired) electrons. The standard InChI is InChI=1S/C17H25FN2O6S/c1-10(2)16(17(24)19-13(8-15(22)23)14(21)9-18)20-27(25,26)12-6-4-11(3)5-7-12/h4-7,10,13-14,16,20-21H,8-9H2,1-3H3,(H,19,24)(H,22,23)/t13?,14?,16-/m0/s1. The van der Waals surface area contributed by atoms with Gasteiger partial charge in [0.25, 0.3) is 0 Å². The highest BCUT2D eigenvalue weighted by Gasteiger charge is 2.32. The van der Waals surface area contributed by atoms with Crippen molar-refractivity contribution in [1.29, 1.82) is 0 Å². The van der Waals surface area contributed by atoms with Gasteiger partial charge in [0.1, 0.15) is 18.8 Å². The molecule has 27 heavy (non-hydrogen) atoms. The molecule has 10 heteroatoms. The molecule has 3 atom stereocenters. The molecule has 0 saturated heterocycles. The summed E-state index contributed by atoms with van der Waals surface area (Å²) in [4.78, 5) is 23.3. The number of aliphatic hydroxyl groups is 1. The van der Waals surface area contributed by atoms with Crippen LogP contribution in [0.25, 0.3) is 0 Å². The van der Waals surface area contributed by atoms with Crippen LogP contribution in [-0.4, -0.2) is 55.4 Å². The molecule has 0 aliphatic heterocycles. The van der Waals surface area contributed by atoms with Crippen LogP contribution in [0.5, 0.6) is 0 Å². The van der Waals surface area contributed by atoms with Crippen LogP contribution in [-0.2, 0) is 19.6 Å². The van der Waals surface area contributed by atoms with Gasteiger partial charge in [0.05, 0.1) is 17.4 Å². The van der Waals surface area contributed by atoms with E-state index < -0.39 is 59.1 Å². The average molecular weight is 404 g/mol. The van der Waals surface area contributed by atoms with Gasteiger partial charge in [-0.25, -0.2) is 12.8 Å². The van der Waals surface area contributed by atoms with Crippen LogP contribution in [0, 0.1) is 12.8 Å². The number of aryl methyl sites for hydroxylation is 1. The predicted octanol–water partition coefficient (Wildman–Crippen LogP) is 0.588. The van der Waals surface area contributed by atoms with E-state index in [-0.39, 0.29) is 4.90 Å². The molecular weight excluding hydrogens is 379 g/mol. The second kappa shape index (κ2) is 9.77. The number of amides is 1. The summed E-state index contributed by atoms with van der Waals surface area (Å²) in [5, 5.41) is 20.7. The van der Waals surface area contributed by atoms with Crippen LogP contribution in [0.1, 0.15) is 25.8 Å². The van der Waals surface area contributed by atoms with E-state index in [9.17, 15) is 27.5 Å². The monoisotopic (exact) mass is 404 g/mol. The lowest BCUT2D eigenvalue weighted by Crippen LogP contribution is -2.55. The molecule has 0 fully saturated rings. The summed E-state index contributed by atoms with van der Waals surface area (Å²) < 4.78 is 40.0. The van der Waals surface area contributed by atoms with E-state index in [1.165, 1.54) is 12.1 Å². The van der Waals surface area contributed by atoms with Gasteiger partial charge in [0, 0.05) is 0 Å². The predicted molar refractivity (Wildman–Crippen MR) is 96.3 cm³/mol. The molecule has 0 saturated carbocycles. The Morgan fingerprint density at radius 3 is 2.19 bits per heavy atom. The van der Waals surface area contributed by atoms with Crippen LogP contribution in [0.2, 0.25) is 0 Å². The number of carboxylic acid groups (broad SMARTS) is 1. The highest BCUT2D eigenvalue weighted by molar-refractivity contribution is 7.89. The third kappa shape index (κ3) is 6.89. The van der Waals surface area contributed by atoms with E-state index in [0.29, 0.717) is 0 Å². The summed E-state index contributed by atoms with van der Waals surface area (Å²) in [6, 6.07) is 3.39. The number of rotatable bonds is 10. The lowest BCUT2D eigenvalue weighted by Gasteiger charge is -2.26. The quantitative estimate of drug-likeness (QED) is 0.451. The molecule has 1 aromatic rings. The third-order valence-electron chi connectivity index (χ3n) is 3.91. The Balaban J connectivity index is 3.00. The number of benzene rings is 1. The van der Waals surface area contributed by atoms with Gasteiger partial charge in [-0.1, -0.05) is 31.5 Å². The third-order valence-corrected chi connectivity index (χ3v) is 5.36. The first-order valence-corrected chi connectivity index (χ1v) is 9.81. The molecule has 0 bridgehead atoms. The molecule has 0 aliphatic carbocycles. The molecule has 8 nitrogen and oxygen atoms in total. The Labute approximate surface area is 157 Å². The van der Waals surface area contributed by atoms with Crippen molar-refractivity contribution in [1.82, 2.24) is 10.0 Å². The summed E-state index contributed by atoms with van der Waals surface area (Å²) >= 11 is 0. The number of carbonyl (C=O) groups is 2. The first kappa shape index (κ1) is 23.0. The molecule has 0 heterocycles. The van der Waals surface area contributed by atoms with Crippen molar-refractivity contribution in [2.75, 3.05) is 6.67 Å². The van der Waals surface area contributed by atoms with E-state index >= 15 is 0 Å². The van der Waals surface area contributed by atoms with Crippen molar-refractivity contribution in [2.45, 2.75) is 50.3 Å². The molecule has 0 spiro atoms. The number of hydrogen-bond acceptors (Lipinski definition) is 5. The molecule has 1 amide bonds. The number of sulfonamides is 1. The lowest BCUT2D eigenvalue weighted by molar-refractivity contribution is -0.138. The summed E-state index contributed by atoms with van der Waals surface area (Å²) in [7, 11) is -4.01. The van der Waals surface area contributed by atoms with E-state index in [1.54, 1.807) is 32.9 Å². The van der Waals surface area contributed by atoms with E-state index in [0.717, 1.165) is 5.56 Å². The smallest absolute Gasteiger partial charge is 0.305 e. The van der Waals surface area contributed by atoms with Gasteiger partial charge in [-0.2, -0.15) is 4.72 Å². The normalized spacial score (nSPS) is 15.2. The number of nitrogens with one attached hydrogen (secondary N) is 2. The fourth-order valence-electron chi connectivity index (χ4n) is 2.30. The van der Waals surface area contributed by atoms with Gasteiger partial charge in [-0.05, 0) is 25.0 Å². The molecule has 2 unspecified atom stereocenters. The first-order chi connectivity index (χ1) is 12.5. The molecular formula is C17H25FN2O6S. The Morgan fingerprint density at radius 2 is 1.74 bits per heavy atom. The topological polar surface area (TPSA) is 133 Å². The number of aliphatic carboxylic acids is 1. The van der Waals surface area contributed by atoms with Gasteiger partial charge in [-0.3, -0.25) is 9.59 Å². The maximum atomic E-state index is 12.7. The van der Waals surface area contributed by atoms with Gasteiger partial charge < -0.3 is 15.5 Å². The number of carboxylic acids is 1. The van der Waals surface area contributed by atoms with Crippen molar-refractivity contribution in [3.8, 4) is 0 Å². The van der Waals surface area contributed by atoms with Crippen molar-refractivity contribution in [3.63, 3.8) is 0 Å². The number of halogens is 1. The van der Waals surface area contributed by atoms with E-state index in [2.05, 4.69) is 10.0 Å². The maximum absolute atomic E-state index is 12.7. The fraction of sp³-hybridized carbons (Fsp3) is 0.529. The van der Waals surface area contributed by atoms with Crippen molar-refractivity contribution >= 4 is 21.9 Å². The molecule has 0 aliphatic rings. The average Bonchev–Trinajstić information content (AvgIpc) is 2.58. The highest BCUT2D eigenvalue weighted by Crippen LogP contribution is 2.14. The second-order valence-corrected chi connectivity index (χ2v) is 8.30. The summed E-state index contributed by atoms with van der Waals surface area (Å²) in [5.41, 5.74) is 0.865. The van der Waals surface area contributed by atoms with Crippen LogP contribution < -0.4 is 10.0 Å². The minimum absolute atomic E-state index is 0.0302. The zero-order valence-corrected chi connectivity index (χ0v) is 16.2. The van der Waals surface area contributed by atoms with E-state index in [1.807, 2.05) is 0 Å². The van der Waals surface area contributed by atoms with Gasteiger partial charge >= 0.3 is 5.97 Å². The minimum atomic E-state index is -4.01. The first-order valence-electron chi connectivity index (χ1n) is 8.33. The molecule has 0 aromatic heterocycles. The largest absolute Gasteiger partial charge is 0.481 e. The van der Waals surface area contributed by atoms with Crippen molar-refractivity contribution in [2.24, 2.45) is 5.92 Å². The van der Waals surface area contributed by atoms with Crippen molar-refractivity contribution < 1.29 is 32.6 Å². The highest BCUT2D eigenvalue weighted by atomic mass is 32.2. The molecule has 1 aromatic carbocycles. The van der Waals surface area contributed by atoms with Crippen LogP contribution >= 0.6 is 0 Å². The Hall–Kier alpha value is -2.04. The zero-order chi connectivity index (χ0) is 20.8. The number of alkyl halides is 1. The molecule has 152 valence electrons. The number of carbonyl (C=O) groups excluding carboxylic acids is 1. The molecule has 1 rings (SSSR count). The van der Waals surface area contributed by atoms with E-state index in [4.69, 9.17) is 5.11 Å². The summed E-state index contributed by atoms with van der Waals surface area (Å²) in [5.74, 6) is -2.67.